The standard InChI is InChI=1S/C19H16BrF2NO4S.C18H14BrF2NO4S.CH3I/c1-4-16(24)18-12-8-13(20)15(23(2)28(3,25)26)9-17(12)27-19(18)11-6-5-10(21)7-14(11)22;1-3-15(23)17-11-7-12(19)14(22-27(2,24)25)8-16(11)26-18(17)10-5-4-9(20)6-13(10)21;1-2/h5-9H,4H2,1-3H3;4-8,22H,3H2,1-2H3;1H3. The van der Waals surface area contributed by atoms with Crippen molar-refractivity contribution in [3.8, 4) is 22.6 Å². The highest BCUT2D eigenvalue weighted by Gasteiger charge is 2.27. The molecule has 10 nitrogen and oxygen atoms in total. The summed E-state index contributed by atoms with van der Waals surface area (Å²) in [5.41, 5.74) is 1.12. The van der Waals surface area contributed by atoms with Gasteiger partial charge in [0.25, 0.3) is 0 Å². The number of fused-ring (bicyclic) bond motifs is 2. The summed E-state index contributed by atoms with van der Waals surface area (Å²) in [6.07, 6.45) is 2.34. The minimum atomic E-state index is -3.55. The van der Waals surface area contributed by atoms with Crippen molar-refractivity contribution in [2.24, 2.45) is 0 Å². The molecule has 6 aromatic rings. The Labute approximate surface area is 356 Å². The highest BCUT2D eigenvalue weighted by molar-refractivity contribution is 14.1. The molecule has 0 bridgehead atoms. The quantitative estimate of drug-likeness (QED) is 0.0618. The van der Waals surface area contributed by atoms with Crippen LogP contribution >= 0.6 is 54.5 Å². The fourth-order valence-corrected chi connectivity index (χ4v) is 7.93. The molecule has 0 fully saturated rings. The first-order chi connectivity index (χ1) is 26.6. The molecule has 0 saturated heterocycles. The van der Waals surface area contributed by atoms with Crippen molar-refractivity contribution in [1.82, 2.24) is 0 Å². The second-order valence-corrected chi connectivity index (χ2v) is 17.6. The average molecular weight is 1070 g/mol. The highest BCUT2D eigenvalue weighted by Crippen LogP contribution is 2.42. The lowest BCUT2D eigenvalue weighted by molar-refractivity contribution is 0.0981. The largest absolute Gasteiger partial charge is 0.455 e. The van der Waals surface area contributed by atoms with Crippen LogP contribution < -0.4 is 9.03 Å². The summed E-state index contributed by atoms with van der Waals surface area (Å²) in [7, 11) is -5.71. The van der Waals surface area contributed by atoms with Gasteiger partial charge in [0.2, 0.25) is 20.0 Å². The molecular formula is C38H33Br2F4IN2O8S2. The molecular weight excluding hydrogens is 1040 g/mol. The van der Waals surface area contributed by atoms with Crippen LogP contribution in [-0.2, 0) is 20.0 Å². The summed E-state index contributed by atoms with van der Waals surface area (Å²) >= 11 is 8.73. The molecule has 4 aromatic carbocycles. The maximum absolute atomic E-state index is 14.3. The van der Waals surface area contributed by atoms with Gasteiger partial charge in [-0.1, -0.05) is 36.4 Å². The summed E-state index contributed by atoms with van der Waals surface area (Å²) < 4.78 is 118. The first-order valence-corrected chi connectivity index (χ1v) is 23.9. The van der Waals surface area contributed by atoms with Gasteiger partial charge in [0.05, 0.1) is 46.1 Å². The van der Waals surface area contributed by atoms with Crippen LogP contribution in [0.4, 0.5) is 28.9 Å². The number of sulfonamides is 2. The third-order valence-electron chi connectivity index (χ3n) is 8.22. The average Bonchev–Trinajstić information content (AvgIpc) is 3.68. The molecule has 304 valence electrons. The molecule has 0 aliphatic rings. The topological polar surface area (TPSA) is 144 Å². The van der Waals surface area contributed by atoms with Crippen LogP contribution in [0.15, 0.2) is 78.4 Å². The Hall–Kier alpha value is -3.79. The van der Waals surface area contributed by atoms with Gasteiger partial charge in [-0.05, 0) is 73.2 Å². The van der Waals surface area contributed by atoms with Crippen molar-refractivity contribution in [2.45, 2.75) is 26.7 Å². The number of benzene rings is 4. The molecule has 0 aliphatic heterocycles. The van der Waals surface area contributed by atoms with Gasteiger partial charge in [-0.3, -0.25) is 18.6 Å². The number of carbonyl (C=O) groups is 2. The smallest absolute Gasteiger partial charge is 0.232 e. The maximum atomic E-state index is 14.3. The van der Waals surface area contributed by atoms with Crippen molar-refractivity contribution < 1.29 is 52.8 Å². The molecule has 1 N–H and O–H groups in total. The van der Waals surface area contributed by atoms with Crippen LogP contribution in [0, 0.1) is 23.3 Å². The van der Waals surface area contributed by atoms with Crippen LogP contribution in [0.5, 0.6) is 0 Å². The van der Waals surface area contributed by atoms with E-state index in [1.807, 2.05) is 4.93 Å². The van der Waals surface area contributed by atoms with E-state index in [1.165, 1.54) is 37.4 Å². The van der Waals surface area contributed by atoms with Crippen molar-refractivity contribution in [2.75, 3.05) is 33.5 Å². The van der Waals surface area contributed by atoms with E-state index in [9.17, 15) is 44.0 Å². The van der Waals surface area contributed by atoms with Gasteiger partial charge < -0.3 is 8.83 Å². The second-order valence-electron chi connectivity index (χ2n) is 12.1. The van der Waals surface area contributed by atoms with Crippen LogP contribution in [0.2, 0.25) is 0 Å². The molecule has 0 aliphatic carbocycles. The maximum Gasteiger partial charge on any atom is 0.232 e. The highest BCUT2D eigenvalue weighted by atomic mass is 127. The van der Waals surface area contributed by atoms with Crippen LogP contribution in [-0.4, -0.2) is 52.9 Å². The van der Waals surface area contributed by atoms with E-state index < -0.39 is 43.3 Å². The van der Waals surface area contributed by atoms with E-state index in [0.29, 0.717) is 37.5 Å². The summed E-state index contributed by atoms with van der Waals surface area (Å²) in [5.74, 6) is -3.86. The zero-order valence-corrected chi connectivity index (χ0v) is 37.8. The van der Waals surface area contributed by atoms with Crippen molar-refractivity contribution >= 4 is 119 Å². The Morgan fingerprint density at radius 3 is 1.51 bits per heavy atom. The zero-order chi connectivity index (χ0) is 42.7. The molecule has 0 amide bonds. The third kappa shape index (κ3) is 10.3. The number of alkyl halides is 1. The molecule has 19 heteroatoms. The predicted octanol–water partition coefficient (Wildman–Crippen LogP) is 11.3. The Balaban J connectivity index is 0.000000242. The minimum Gasteiger partial charge on any atom is -0.455 e. The van der Waals surface area contributed by atoms with E-state index in [1.54, 1.807) is 19.9 Å². The Bertz CT molecular complexity index is 2760. The molecule has 0 unspecified atom stereocenters. The number of ketones is 2. The number of halogens is 7. The SMILES string of the molecule is CCC(=O)c1c(-c2ccc(F)cc2F)oc2cc(N(C)S(C)(=O)=O)c(Br)cc12.CCC(=O)c1c(-c2ccc(F)cc2F)oc2cc(NS(C)(=O)=O)c(Br)cc12.CI. The third-order valence-corrected chi connectivity index (χ3v) is 11.3. The van der Waals surface area contributed by atoms with E-state index in [-0.39, 0.29) is 75.0 Å². The number of rotatable bonds is 10. The van der Waals surface area contributed by atoms with Crippen molar-refractivity contribution in [3.05, 3.63) is 104 Å². The monoisotopic (exact) mass is 1070 g/mol. The van der Waals surface area contributed by atoms with Gasteiger partial charge in [0, 0.05) is 63.9 Å². The van der Waals surface area contributed by atoms with E-state index in [4.69, 9.17) is 8.83 Å². The number of hydrogen-bond acceptors (Lipinski definition) is 8. The molecule has 0 spiro atoms. The summed E-state index contributed by atoms with van der Waals surface area (Å²) in [6.45, 7) is 3.31. The van der Waals surface area contributed by atoms with Gasteiger partial charge in [0.1, 0.15) is 46.0 Å². The number of hydrogen-bond donors (Lipinski definition) is 1. The summed E-state index contributed by atoms with van der Waals surface area (Å²) in [6, 6.07) is 11.9. The normalized spacial score (nSPS) is 11.5. The van der Waals surface area contributed by atoms with Gasteiger partial charge in [-0.15, -0.1) is 0 Å². The Morgan fingerprint density at radius 1 is 0.702 bits per heavy atom. The van der Waals surface area contributed by atoms with Crippen molar-refractivity contribution in [1.29, 1.82) is 0 Å². The predicted molar refractivity (Wildman–Crippen MR) is 229 cm³/mol. The molecule has 0 saturated carbocycles. The number of nitrogens with zero attached hydrogens (tertiary/aromatic N) is 1. The van der Waals surface area contributed by atoms with Crippen LogP contribution in [0.3, 0.4) is 0 Å². The van der Waals surface area contributed by atoms with E-state index in [0.717, 1.165) is 28.9 Å². The fourth-order valence-electron chi connectivity index (χ4n) is 5.55. The minimum absolute atomic E-state index is 0.0228. The second kappa shape index (κ2) is 18.4. The van der Waals surface area contributed by atoms with Crippen LogP contribution in [0.1, 0.15) is 47.4 Å². The summed E-state index contributed by atoms with van der Waals surface area (Å²) in [4.78, 5) is 27.0. The lowest BCUT2D eigenvalue weighted by atomic mass is 10.00. The van der Waals surface area contributed by atoms with Crippen LogP contribution in [0.25, 0.3) is 44.6 Å². The first kappa shape index (κ1) is 45.9. The van der Waals surface area contributed by atoms with Gasteiger partial charge in [0.15, 0.2) is 11.6 Å². The number of carbonyl (C=O) groups excluding carboxylic acids is 2. The number of anilines is 2. The summed E-state index contributed by atoms with van der Waals surface area (Å²) in [5, 5.41) is 0.801. The first-order valence-electron chi connectivity index (χ1n) is 16.4. The molecule has 2 aromatic heterocycles. The molecule has 6 rings (SSSR count). The Kier molecular flexibility index (Phi) is 14.8. The lowest BCUT2D eigenvalue weighted by Crippen LogP contribution is -2.25. The molecule has 2 heterocycles. The van der Waals surface area contributed by atoms with Gasteiger partial charge in [-0.2, -0.15) is 0 Å². The van der Waals surface area contributed by atoms with E-state index in [2.05, 4.69) is 59.2 Å². The number of furan rings is 2. The molecule has 0 radical (unpaired) electrons. The zero-order valence-electron chi connectivity index (χ0n) is 30.9. The Morgan fingerprint density at radius 2 is 1.12 bits per heavy atom. The number of nitrogens with one attached hydrogen (secondary N) is 1. The number of Topliss-reactive ketones (excluding diaryl/α,β-unsaturated/α-hetero) is 2. The van der Waals surface area contributed by atoms with Crippen molar-refractivity contribution in [3.63, 3.8) is 0 Å². The van der Waals surface area contributed by atoms with Gasteiger partial charge in [-0.25, -0.2) is 34.4 Å². The van der Waals surface area contributed by atoms with Gasteiger partial charge >= 0.3 is 0 Å². The molecule has 57 heavy (non-hydrogen) atoms. The molecule has 0 atom stereocenters. The fraction of sp³-hybridized carbons (Fsp3) is 0.211. The lowest BCUT2D eigenvalue weighted by Gasteiger charge is -2.18. The van der Waals surface area contributed by atoms with E-state index >= 15 is 0 Å².